The van der Waals surface area contributed by atoms with Crippen molar-refractivity contribution in [2.24, 2.45) is 0 Å². The zero-order chi connectivity index (χ0) is 12.4. The van der Waals surface area contributed by atoms with Gasteiger partial charge in [0.25, 0.3) is 0 Å². The molecule has 0 bridgehead atoms. The molecule has 0 fully saturated rings. The average molecular weight is 233 g/mol. The number of ether oxygens (including phenoxy) is 1. The van der Waals surface area contributed by atoms with Gasteiger partial charge in [0.1, 0.15) is 5.69 Å². The Labute approximate surface area is 99.4 Å². The van der Waals surface area contributed by atoms with Crippen molar-refractivity contribution in [2.45, 2.75) is 13.5 Å². The van der Waals surface area contributed by atoms with Crippen LogP contribution in [0.2, 0.25) is 0 Å². The normalized spacial score (nSPS) is 10.9. The summed E-state index contributed by atoms with van der Waals surface area (Å²) < 4.78 is 6.83. The van der Waals surface area contributed by atoms with Crippen molar-refractivity contribution < 1.29 is 14.6 Å². The Morgan fingerprint density at radius 1 is 1.41 bits per heavy atom. The van der Waals surface area contributed by atoms with E-state index in [1.807, 2.05) is 31.2 Å². The molecule has 17 heavy (non-hydrogen) atoms. The summed E-state index contributed by atoms with van der Waals surface area (Å²) in [5.41, 5.74) is 2.10. The van der Waals surface area contributed by atoms with Crippen LogP contribution in [0, 0.1) is 6.92 Å². The molecule has 1 heterocycles. The van der Waals surface area contributed by atoms with Gasteiger partial charge in [0.2, 0.25) is 0 Å². The highest BCUT2D eigenvalue weighted by molar-refractivity contribution is 5.98. The number of rotatable bonds is 4. The third-order valence-electron chi connectivity index (χ3n) is 2.95. The Morgan fingerprint density at radius 2 is 2.12 bits per heavy atom. The van der Waals surface area contributed by atoms with Crippen molar-refractivity contribution in [1.29, 1.82) is 0 Å². The van der Waals surface area contributed by atoms with Gasteiger partial charge in [-0.1, -0.05) is 18.2 Å². The van der Waals surface area contributed by atoms with Crippen LogP contribution < -0.4 is 0 Å². The number of aromatic nitrogens is 1. The summed E-state index contributed by atoms with van der Waals surface area (Å²) in [5.74, 6) is -0.894. The van der Waals surface area contributed by atoms with E-state index in [1.165, 1.54) is 0 Å². The van der Waals surface area contributed by atoms with Gasteiger partial charge in [-0.2, -0.15) is 0 Å². The zero-order valence-corrected chi connectivity index (χ0v) is 9.93. The Morgan fingerprint density at radius 3 is 2.76 bits per heavy atom. The zero-order valence-electron chi connectivity index (χ0n) is 9.93. The minimum absolute atomic E-state index is 0.350. The third kappa shape index (κ3) is 1.91. The standard InChI is InChI=1S/C13H15NO3/c1-9-10-5-3-4-6-11(10)14(7-8-17-2)12(9)13(15)16/h3-6H,7-8H2,1-2H3,(H,15,16). The lowest BCUT2D eigenvalue weighted by Crippen LogP contribution is -2.12. The second-order valence-corrected chi connectivity index (χ2v) is 3.94. The second kappa shape index (κ2) is 4.59. The fourth-order valence-electron chi connectivity index (χ4n) is 2.17. The molecular formula is C13H15NO3. The summed E-state index contributed by atoms with van der Waals surface area (Å²) in [6.07, 6.45) is 0. The van der Waals surface area contributed by atoms with Crippen LogP contribution in [-0.2, 0) is 11.3 Å². The maximum absolute atomic E-state index is 11.3. The number of benzene rings is 1. The molecule has 2 aromatic rings. The largest absolute Gasteiger partial charge is 0.477 e. The lowest BCUT2D eigenvalue weighted by molar-refractivity contribution is 0.0682. The molecule has 0 saturated carbocycles. The van der Waals surface area contributed by atoms with Gasteiger partial charge in [0.15, 0.2) is 0 Å². The van der Waals surface area contributed by atoms with Crippen LogP contribution in [0.4, 0.5) is 0 Å². The van der Waals surface area contributed by atoms with E-state index < -0.39 is 5.97 Å². The molecule has 0 aliphatic heterocycles. The van der Waals surface area contributed by atoms with Crippen molar-refractivity contribution in [3.05, 3.63) is 35.5 Å². The topological polar surface area (TPSA) is 51.5 Å². The average Bonchev–Trinajstić information content (AvgIpc) is 2.60. The monoisotopic (exact) mass is 233 g/mol. The maximum atomic E-state index is 11.3. The highest BCUT2D eigenvalue weighted by Gasteiger charge is 2.18. The van der Waals surface area contributed by atoms with Gasteiger partial charge in [-0.05, 0) is 18.6 Å². The van der Waals surface area contributed by atoms with Gasteiger partial charge in [0, 0.05) is 24.6 Å². The van der Waals surface area contributed by atoms with Crippen LogP contribution in [0.25, 0.3) is 10.9 Å². The molecular weight excluding hydrogens is 218 g/mol. The summed E-state index contributed by atoms with van der Waals surface area (Å²) >= 11 is 0. The Bertz CT molecular complexity index is 557. The molecule has 0 radical (unpaired) electrons. The Hall–Kier alpha value is -1.81. The molecule has 0 unspecified atom stereocenters. The summed E-state index contributed by atoms with van der Waals surface area (Å²) in [5, 5.41) is 10.3. The number of fused-ring (bicyclic) bond motifs is 1. The quantitative estimate of drug-likeness (QED) is 0.881. The molecule has 0 atom stereocenters. The first-order chi connectivity index (χ1) is 8.16. The van der Waals surface area contributed by atoms with Crippen LogP contribution in [0.3, 0.4) is 0 Å². The highest BCUT2D eigenvalue weighted by Crippen LogP contribution is 2.25. The minimum Gasteiger partial charge on any atom is -0.477 e. The van der Waals surface area contributed by atoms with Crippen molar-refractivity contribution in [3.8, 4) is 0 Å². The highest BCUT2D eigenvalue weighted by atomic mass is 16.5. The number of methoxy groups -OCH3 is 1. The second-order valence-electron chi connectivity index (χ2n) is 3.94. The lowest BCUT2D eigenvalue weighted by Gasteiger charge is -2.07. The number of aromatic carboxylic acids is 1. The molecule has 0 amide bonds. The summed E-state index contributed by atoms with van der Waals surface area (Å²) in [6.45, 7) is 2.89. The van der Waals surface area contributed by atoms with Gasteiger partial charge >= 0.3 is 5.97 Å². The van der Waals surface area contributed by atoms with E-state index >= 15 is 0 Å². The van der Waals surface area contributed by atoms with E-state index in [2.05, 4.69) is 0 Å². The minimum atomic E-state index is -0.894. The van der Waals surface area contributed by atoms with E-state index in [0.29, 0.717) is 18.8 Å². The van der Waals surface area contributed by atoms with Crippen LogP contribution in [0.1, 0.15) is 16.1 Å². The number of para-hydroxylation sites is 1. The van der Waals surface area contributed by atoms with Crippen LogP contribution in [0.5, 0.6) is 0 Å². The SMILES string of the molecule is COCCn1c(C(=O)O)c(C)c2ccccc21. The maximum Gasteiger partial charge on any atom is 0.352 e. The van der Waals surface area contributed by atoms with Gasteiger partial charge in [-0.25, -0.2) is 4.79 Å². The van der Waals surface area contributed by atoms with Crippen molar-refractivity contribution in [3.63, 3.8) is 0 Å². The number of carboxylic acid groups (broad SMARTS) is 1. The first-order valence-electron chi connectivity index (χ1n) is 5.47. The van der Waals surface area contributed by atoms with Crippen LogP contribution in [-0.4, -0.2) is 29.4 Å². The Kier molecular flexibility index (Phi) is 3.15. The molecule has 0 aliphatic rings. The molecule has 0 saturated heterocycles. The van der Waals surface area contributed by atoms with E-state index in [1.54, 1.807) is 11.7 Å². The number of aryl methyl sites for hydroxylation is 1. The molecule has 2 rings (SSSR count). The summed E-state index contributed by atoms with van der Waals surface area (Å²) in [4.78, 5) is 11.3. The molecule has 1 aromatic carbocycles. The van der Waals surface area contributed by atoms with Gasteiger partial charge in [-0.3, -0.25) is 0 Å². The number of hydrogen-bond donors (Lipinski definition) is 1. The predicted octanol–water partition coefficient (Wildman–Crippen LogP) is 2.29. The fourth-order valence-corrected chi connectivity index (χ4v) is 2.17. The number of hydrogen-bond acceptors (Lipinski definition) is 2. The van der Waals surface area contributed by atoms with E-state index in [0.717, 1.165) is 16.5 Å². The van der Waals surface area contributed by atoms with Crippen molar-refractivity contribution >= 4 is 16.9 Å². The molecule has 1 N–H and O–H groups in total. The number of nitrogens with zero attached hydrogens (tertiary/aromatic N) is 1. The van der Waals surface area contributed by atoms with E-state index in [4.69, 9.17) is 4.74 Å². The molecule has 0 aliphatic carbocycles. The van der Waals surface area contributed by atoms with Gasteiger partial charge in [0.05, 0.1) is 6.61 Å². The van der Waals surface area contributed by atoms with Crippen LogP contribution >= 0.6 is 0 Å². The molecule has 90 valence electrons. The van der Waals surface area contributed by atoms with E-state index in [9.17, 15) is 9.90 Å². The number of carbonyl (C=O) groups is 1. The molecule has 0 spiro atoms. The van der Waals surface area contributed by atoms with Crippen molar-refractivity contribution in [1.82, 2.24) is 4.57 Å². The third-order valence-corrected chi connectivity index (χ3v) is 2.95. The van der Waals surface area contributed by atoms with E-state index in [-0.39, 0.29) is 0 Å². The van der Waals surface area contributed by atoms with Crippen molar-refractivity contribution in [2.75, 3.05) is 13.7 Å². The van der Waals surface area contributed by atoms with Gasteiger partial charge < -0.3 is 14.4 Å². The fraction of sp³-hybridized carbons (Fsp3) is 0.308. The molecule has 4 heteroatoms. The summed E-state index contributed by atoms with van der Waals surface area (Å²) in [6, 6.07) is 7.71. The Balaban J connectivity index is 2.67. The number of carboxylic acids is 1. The first-order valence-corrected chi connectivity index (χ1v) is 5.47. The summed E-state index contributed by atoms with van der Waals surface area (Å²) in [7, 11) is 1.61. The smallest absolute Gasteiger partial charge is 0.352 e. The van der Waals surface area contributed by atoms with Gasteiger partial charge in [-0.15, -0.1) is 0 Å². The lowest BCUT2D eigenvalue weighted by atomic mass is 10.1. The first kappa shape index (κ1) is 11.7. The van der Waals surface area contributed by atoms with Crippen LogP contribution in [0.15, 0.2) is 24.3 Å². The molecule has 1 aromatic heterocycles. The predicted molar refractivity (Wildman–Crippen MR) is 65.5 cm³/mol. The molecule has 4 nitrogen and oxygen atoms in total.